The van der Waals surface area contributed by atoms with Gasteiger partial charge in [-0.25, -0.2) is 4.98 Å². The number of likely N-dealkylation sites (tertiary alicyclic amines) is 1. The van der Waals surface area contributed by atoms with Gasteiger partial charge in [0.1, 0.15) is 5.75 Å². The van der Waals surface area contributed by atoms with Crippen LogP contribution in [-0.4, -0.2) is 64.5 Å². The molecule has 3 aromatic rings. The molecule has 0 spiro atoms. The second kappa shape index (κ2) is 11.5. The van der Waals surface area contributed by atoms with E-state index in [9.17, 15) is 4.79 Å². The Morgan fingerprint density at radius 1 is 1.13 bits per heavy atom. The number of aromatic nitrogens is 3. The molecule has 2 aromatic heterocycles. The third-order valence-electron chi connectivity index (χ3n) is 7.64. The summed E-state index contributed by atoms with van der Waals surface area (Å²) in [6.45, 7) is 6.83. The van der Waals surface area contributed by atoms with Crippen LogP contribution in [0.3, 0.4) is 0 Å². The molecule has 1 aliphatic heterocycles. The van der Waals surface area contributed by atoms with Crippen molar-refractivity contribution in [1.29, 1.82) is 0 Å². The topological polar surface area (TPSA) is 111 Å². The number of carbonyl (C=O) groups is 1. The SMILES string of the molecule is CCc1cc(-c2noc(-c3cc(OC)nc(C4CCCC4)c3)n2)cc(C)c1OCCCN1CC(C(=O)O)C1. The molecule has 0 amide bonds. The van der Waals surface area contributed by atoms with Gasteiger partial charge in [0.25, 0.3) is 5.89 Å². The monoisotopic (exact) mass is 520 g/mol. The Morgan fingerprint density at radius 3 is 2.63 bits per heavy atom. The number of carboxylic acid groups (broad SMARTS) is 1. The van der Waals surface area contributed by atoms with Crippen molar-refractivity contribution < 1.29 is 23.9 Å². The summed E-state index contributed by atoms with van der Waals surface area (Å²) in [6, 6.07) is 8.00. The first-order valence-corrected chi connectivity index (χ1v) is 13.6. The van der Waals surface area contributed by atoms with Crippen LogP contribution in [0.1, 0.15) is 61.8 Å². The second-order valence-electron chi connectivity index (χ2n) is 10.4. The van der Waals surface area contributed by atoms with Crippen molar-refractivity contribution in [1.82, 2.24) is 20.0 Å². The van der Waals surface area contributed by atoms with Gasteiger partial charge in [-0.15, -0.1) is 0 Å². The molecule has 38 heavy (non-hydrogen) atoms. The summed E-state index contributed by atoms with van der Waals surface area (Å²) in [7, 11) is 1.63. The zero-order valence-electron chi connectivity index (χ0n) is 22.4. The highest BCUT2D eigenvalue weighted by Crippen LogP contribution is 2.36. The maximum Gasteiger partial charge on any atom is 0.309 e. The standard InChI is InChI=1S/C29H36N4O5/c1-4-19-13-21(12-18(2)26(19)37-11-7-10-33-16-23(17-33)29(34)35)27-31-28(38-32-27)22-14-24(20-8-5-6-9-20)30-25(15-22)36-3/h12-15,20,23H,4-11,16-17H2,1-3H3,(H,34,35). The molecule has 2 aliphatic rings. The van der Waals surface area contributed by atoms with E-state index >= 15 is 0 Å². The number of hydrogen-bond donors (Lipinski definition) is 1. The molecule has 0 atom stereocenters. The Hall–Kier alpha value is -3.46. The summed E-state index contributed by atoms with van der Waals surface area (Å²) in [5.74, 6) is 1.96. The van der Waals surface area contributed by atoms with E-state index in [-0.39, 0.29) is 5.92 Å². The molecule has 3 heterocycles. The van der Waals surface area contributed by atoms with Crippen LogP contribution in [0.15, 0.2) is 28.8 Å². The summed E-state index contributed by atoms with van der Waals surface area (Å²) in [6.07, 6.45) is 6.41. The van der Waals surface area contributed by atoms with Gasteiger partial charge in [0.2, 0.25) is 11.7 Å². The Balaban J connectivity index is 1.28. The molecule has 0 unspecified atom stereocenters. The zero-order valence-corrected chi connectivity index (χ0v) is 22.4. The molecule has 0 radical (unpaired) electrons. The highest BCUT2D eigenvalue weighted by atomic mass is 16.5. The number of rotatable bonds is 11. The number of benzene rings is 1. The summed E-state index contributed by atoms with van der Waals surface area (Å²) in [5, 5.41) is 13.3. The van der Waals surface area contributed by atoms with Crippen LogP contribution >= 0.6 is 0 Å². The summed E-state index contributed by atoms with van der Waals surface area (Å²) in [5.41, 5.74) is 4.85. The molecule has 1 aromatic carbocycles. The number of nitrogens with zero attached hydrogens (tertiary/aromatic N) is 4. The number of aliphatic carboxylic acids is 1. The van der Waals surface area contributed by atoms with E-state index in [1.807, 2.05) is 19.1 Å². The van der Waals surface area contributed by atoms with Crippen LogP contribution in [0.4, 0.5) is 0 Å². The van der Waals surface area contributed by atoms with Gasteiger partial charge in [-0.3, -0.25) is 4.79 Å². The lowest BCUT2D eigenvalue weighted by Crippen LogP contribution is -2.50. The summed E-state index contributed by atoms with van der Waals surface area (Å²) < 4.78 is 17.3. The van der Waals surface area contributed by atoms with Gasteiger partial charge in [0.15, 0.2) is 0 Å². The number of hydrogen-bond acceptors (Lipinski definition) is 8. The minimum absolute atomic E-state index is 0.224. The van der Waals surface area contributed by atoms with Crippen molar-refractivity contribution in [2.24, 2.45) is 5.92 Å². The van der Waals surface area contributed by atoms with E-state index in [1.165, 1.54) is 12.8 Å². The highest BCUT2D eigenvalue weighted by Gasteiger charge is 2.31. The Labute approximate surface area is 223 Å². The van der Waals surface area contributed by atoms with E-state index < -0.39 is 5.97 Å². The minimum atomic E-state index is -0.705. The fraction of sp³-hybridized carbons (Fsp3) is 0.517. The van der Waals surface area contributed by atoms with E-state index in [2.05, 4.69) is 34.1 Å². The molecule has 9 heteroatoms. The van der Waals surface area contributed by atoms with E-state index in [0.29, 0.717) is 43.2 Å². The summed E-state index contributed by atoms with van der Waals surface area (Å²) >= 11 is 0. The highest BCUT2D eigenvalue weighted by molar-refractivity contribution is 5.71. The van der Waals surface area contributed by atoms with Crippen molar-refractivity contribution >= 4 is 5.97 Å². The number of methoxy groups -OCH3 is 1. The normalized spacial score (nSPS) is 16.5. The van der Waals surface area contributed by atoms with Crippen molar-refractivity contribution in [3.63, 3.8) is 0 Å². The lowest BCUT2D eigenvalue weighted by molar-refractivity contribution is -0.147. The average molecular weight is 521 g/mol. The quantitative estimate of drug-likeness (QED) is 0.344. The third-order valence-corrected chi connectivity index (χ3v) is 7.64. The van der Waals surface area contributed by atoms with Crippen LogP contribution in [0.25, 0.3) is 22.8 Å². The Kier molecular flexibility index (Phi) is 7.93. The minimum Gasteiger partial charge on any atom is -0.493 e. The first-order chi connectivity index (χ1) is 18.4. The number of carboxylic acids is 1. The van der Waals surface area contributed by atoms with Crippen molar-refractivity contribution in [3.05, 3.63) is 41.1 Å². The van der Waals surface area contributed by atoms with Crippen molar-refractivity contribution in [2.75, 3.05) is 33.4 Å². The van der Waals surface area contributed by atoms with Gasteiger partial charge >= 0.3 is 5.97 Å². The molecule has 5 rings (SSSR count). The number of pyridine rings is 1. The second-order valence-corrected chi connectivity index (χ2v) is 10.4. The molecule has 2 fully saturated rings. The van der Waals surface area contributed by atoms with Crippen LogP contribution in [-0.2, 0) is 11.2 Å². The fourth-order valence-electron chi connectivity index (χ4n) is 5.46. The maximum atomic E-state index is 11.0. The Morgan fingerprint density at radius 2 is 1.92 bits per heavy atom. The zero-order chi connectivity index (χ0) is 26.6. The van der Waals surface area contributed by atoms with E-state index in [4.69, 9.17) is 24.1 Å². The molecule has 0 bridgehead atoms. The molecule has 202 valence electrons. The predicted molar refractivity (Wildman–Crippen MR) is 143 cm³/mol. The average Bonchev–Trinajstić information content (AvgIpc) is 3.60. The van der Waals surface area contributed by atoms with Gasteiger partial charge < -0.3 is 24.0 Å². The molecule has 1 saturated carbocycles. The van der Waals surface area contributed by atoms with Gasteiger partial charge in [-0.1, -0.05) is 24.9 Å². The van der Waals surface area contributed by atoms with Crippen LogP contribution in [0, 0.1) is 12.8 Å². The third kappa shape index (κ3) is 5.67. The van der Waals surface area contributed by atoms with Crippen LogP contribution < -0.4 is 9.47 Å². The molecule has 1 saturated heterocycles. The van der Waals surface area contributed by atoms with E-state index in [0.717, 1.165) is 65.9 Å². The Bertz CT molecular complexity index is 1280. The molecule has 1 aliphatic carbocycles. The van der Waals surface area contributed by atoms with Crippen molar-refractivity contribution in [2.45, 2.75) is 58.3 Å². The lowest BCUT2D eigenvalue weighted by Gasteiger charge is -2.36. The van der Waals surface area contributed by atoms with E-state index in [1.54, 1.807) is 7.11 Å². The smallest absolute Gasteiger partial charge is 0.309 e. The van der Waals surface area contributed by atoms with Gasteiger partial charge in [-0.05, 0) is 61.9 Å². The fourth-order valence-corrected chi connectivity index (χ4v) is 5.46. The molecular weight excluding hydrogens is 484 g/mol. The van der Waals surface area contributed by atoms with Crippen molar-refractivity contribution in [3.8, 4) is 34.5 Å². The van der Waals surface area contributed by atoms with Gasteiger partial charge in [-0.2, -0.15) is 4.98 Å². The van der Waals surface area contributed by atoms with Crippen LogP contribution in [0.5, 0.6) is 11.6 Å². The molecular formula is C29H36N4O5. The maximum absolute atomic E-state index is 11.0. The number of ether oxygens (including phenoxy) is 2. The van der Waals surface area contributed by atoms with Gasteiger partial charge in [0.05, 0.1) is 19.6 Å². The predicted octanol–water partition coefficient (Wildman–Crippen LogP) is 5.12. The number of aryl methyl sites for hydroxylation is 2. The molecule has 1 N–H and O–H groups in total. The van der Waals surface area contributed by atoms with Crippen LogP contribution in [0.2, 0.25) is 0 Å². The molecule has 9 nitrogen and oxygen atoms in total. The summed E-state index contributed by atoms with van der Waals surface area (Å²) in [4.78, 5) is 22.5. The first kappa shape index (κ1) is 26.2. The largest absolute Gasteiger partial charge is 0.493 e. The van der Waals surface area contributed by atoms with Gasteiger partial charge in [0, 0.05) is 48.4 Å². The lowest BCUT2D eigenvalue weighted by atomic mass is 10.0. The first-order valence-electron chi connectivity index (χ1n) is 13.6.